The molecule has 0 saturated carbocycles. The fourth-order valence-corrected chi connectivity index (χ4v) is 2.98. The molecule has 0 aliphatic carbocycles. The molecule has 5 nitrogen and oxygen atoms in total. The molecule has 5 heteroatoms. The van der Waals surface area contributed by atoms with E-state index in [0.717, 1.165) is 37.2 Å². The highest BCUT2D eigenvalue weighted by molar-refractivity contribution is 5.92. The number of rotatable bonds is 7. The molecule has 25 heavy (non-hydrogen) atoms. The van der Waals surface area contributed by atoms with Gasteiger partial charge in [-0.25, -0.2) is 0 Å². The Morgan fingerprint density at radius 3 is 2.88 bits per heavy atom. The van der Waals surface area contributed by atoms with E-state index in [-0.39, 0.29) is 12.0 Å². The zero-order valence-corrected chi connectivity index (χ0v) is 14.6. The molecule has 134 valence electrons. The molecular formula is C20H25NO4. The van der Waals surface area contributed by atoms with Crippen molar-refractivity contribution in [2.75, 3.05) is 13.2 Å². The van der Waals surface area contributed by atoms with Gasteiger partial charge in [0.05, 0.1) is 6.10 Å². The van der Waals surface area contributed by atoms with E-state index in [2.05, 4.69) is 5.32 Å². The number of para-hydroxylation sites is 1. The molecule has 1 amide bonds. The highest BCUT2D eigenvalue weighted by Gasteiger charge is 2.18. The maximum Gasteiger partial charge on any atom is 0.287 e. The summed E-state index contributed by atoms with van der Waals surface area (Å²) in [7, 11) is 0. The van der Waals surface area contributed by atoms with Gasteiger partial charge in [0.2, 0.25) is 0 Å². The molecule has 1 fully saturated rings. The van der Waals surface area contributed by atoms with Crippen LogP contribution in [0.25, 0.3) is 0 Å². The first-order valence-corrected chi connectivity index (χ1v) is 8.89. The van der Waals surface area contributed by atoms with Crippen molar-refractivity contribution in [1.82, 2.24) is 5.32 Å². The van der Waals surface area contributed by atoms with Crippen LogP contribution in [0.15, 0.2) is 40.8 Å². The minimum absolute atomic E-state index is 0.181. The van der Waals surface area contributed by atoms with Crippen molar-refractivity contribution in [3.8, 4) is 5.75 Å². The molecule has 2 heterocycles. The van der Waals surface area contributed by atoms with E-state index < -0.39 is 0 Å². The number of aryl methyl sites for hydroxylation is 1. The van der Waals surface area contributed by atoms with Crippen molar-refractivity contribution < 1.29 is 18.7 Å². The fourth-order valence-electron chi connectivity index (χ4n) is 2.98. The molecule has 1 aromatic heterocycles. The summed E-state index contributed by atoms with van der Waals surface area (Å²) in [4.78, 5) is 12.3. The number of amides is 1. The standard InChI is InChI=1S/C20H25NO4/c1-15-13-18(14-24-16-7-3-2-4-8-16)25-19(15)20(22)21-11-10-17-9-5-6-12-23-17/h2-4,7-8,13,17H,5-6,9-12,14H2,1H3,(H,21,22)/t17-/m1/s1. The van der Waals surface area contributed by atoms with E-state index in [4.69, 9.17) is 13.9 Å². The molecular weight excluding hydrogens is 318 g/mol. The number of hydrogen-bond donors (Lipinski definition) is 1. The summed E-state index contributed by atoms with van der Waals surface area (Å²) in [6.45, 7) is 3.60. The van der Waals surface area contributed by atoms with Gasteiger partial charge in [0.25, 0.3) is 5.91 Å². The lowest BCUT2D eigenvalue weighted by Gasteiger charge is -2.22. The van der Waals surface area contributed by atoms with E-state index in [9.17, 15) is 4.79 Å². The Hall–Kier alpha value is -2.27. The molecule has 1 saturated heterocycles. The molecule has 1 aliphatic rings. The SMILES string of the molecule is Cc1cc(COc2ccccc2)oc1C(=O)NCC[C@H]1CCCCO1. The van der Waals surface area contributed by atoms with Gasteiger partial charge in [-0.05, 0) is 50.8 Å². The Labute approximate surface area is 148 Å². The molecule has 0 unspecified atom stereocenters. The quantitative estimate of drug-likeness (QED) is 0.829. The molecule has 1 aromatic carbocycles. The van der Waals surface area contributed by atoms with Crippen LogP contribution in [0.4, 0.5) is 0 Å². The van der Waals surface area contributed by atoms with Crippen LogP contribution in [0.3, 0.4) is 0 Å². The monoisotopic (exact) mass is 343 g/mol. The van der Waals surface area contributed by atoms with Crippen molar-refractivity contribution in [3.63, 3.8) is 0 Å². The Bertz CT molecular complexity index is 674. The van der Waals surface area contributed by atoms with E-state index >= 15 is 0 Å². The van der Waals surface area contributed by atoms with Crippen molar-refractivity contribution in [2.24, 2.45) is 0 Å². The third-order valence-electron chi connectivity index (χ3n) is 4.33. The summed E-state index contributed by atoms with van der Waals surface area (Å²) >= 11 is 0. The largest absolute Gasteiger partial charge is 0.486 e. The number of nitrogens with one attached hydrogen (secondary N) is 1. The normalized spacial score (nSPS) is 17.2. The Balaban J connectivity index is 1.48. The number of hydrogen-bond acceptors (Lipinski definition) is 4. The number of benzene rings is 1. The van der Waals surface area contributed by atoms with Crippen LogP contribution in [0.5, 0.6) is 5.75 Å². The molecule has 0 spiro atoms. The Morgan fingerprint density at radius 1 is 1.28 bits per heavy atom. The van der Waals surface area contributed by atoms with Crippen LogP contribution >= 0.6 is 0 Å². The lowest BCUT2D eigenvalue weighted by Crippen LogP contribution is -2.29. The van der Waals surface area contributed by atoms with Gasteiger partial charge in [-0.1, -0.05) is 18.2 Å². The second-order valence-electron chi connectivity index (χ2n) is 6.36. The lowest BCUT2D eigenvalue weighted by atomic mass is 10.1. The zero-order valence-electron chi connectivity index (χ0n) is 14.6. The summed E-state index contributed by atoms with van der Waals surface area (Å²) in [5.74, 6) is 1.59. The second-order valence-corrected chi connectivity index (χ2v) is 6.36. The highest BCUT2D eigenvalue weighted by atomic mass is 16.5. The first kappa shape index (κ1) is 17.5. The predicted octanol–water partition coefficient (Wildman–Crippen LogP) is 3.86. The van der Waals surface area contributed by atoms with E-state index in [1.54, 1.807) is 0 Å². The number of carbonyl (C=O) groups excluding carboxylic acids is 1. The highest BCUT2D eigenvalue weighted by Crippen LogP contribution is 2.18. The van der Waals surface area contributed by atoms with E-state index in [1.807, 2.05) is 43.3 Å². The maximum atomic E-state index is 12.3. The third-order valence-corrected chi connectivity index (χ3v) is 4.33. The molecule has 2 aromatic rings. The molecule has 3 rings (SSSR count). The van der Waals surface area contributed by atoms with Crippen molar-refractivity contribution in [2.45, 2.75) is 45.3 Å². The van der Waals surface area contributed by atoms with Gasteiger partial charge in [0, 0.05) is 18.7 Å². The second kappa shape index (κ2) is 8.72. The summed E-state index contributed by atoms with van der Waals surface area (Å²) < 4.78 is 17.0. The Morgan fingerprint density at radius 2 is 2.12 bits per heavy atom. The van der Waals surface area contributed by atoms with E-state index in [0.29, 0.717) is 24.7 Å². The predicted molar refractivity (Wildman–Crippen MR) is 94.8 cm³/mol. The minimum Gasteiger partial charge on any atom is -0.486 e. The van der Waals surface area contributed by atoms with Gasteiger partial charge in [-0.15, -0.1) is 0 Å². The van der Waals surface area contributed by atoms with Crippen LogP contribution in [0.1, 0.15) is 47.6 Å². The van der Waals surface area contributed by atoms with Gasteiger partial charge in [0.1, 0.15) is 18.1 Å². The summed E-state index contributed by atoms with van der Waals surface area (Å²) in [6.07, 6.45) is 4.54. The topological polar surface area (TPSA) is 60.7 Å². The van der Waals surface area contributed by atoms with Crippen LogP contribution in [0, 0.1) is 6.92 Å². The first-order chi connectivity index (χ1) is 12.2. The van der Waals surface area contributed by atoms with Gasteiger partial charge >= 0.3 is 0 Å². The van der Waals surface area contributed by atoms with Gasteiger partial charge < -0.3 is 19.2 Å². The number of furan rings is 1. The molecule has 1 atom stereocenters. The molecule has 0 radical (unpaired) electrons. The van der Waals surface area contributed by atoms with Crippen molar-refractivity contribution >= 4 is 5.91 Å². The van der Waals surface area contributed by atoms with Gasteiger partial charge in [-0.3, -0.25) is 4.79 Å². The average molecular weight is 343 g/mol. The van der Waals surface area contributed by atoms with Crippen LogP contribution in [0.2, 0.25) is 0 Å². The smallest absolute Gasteiger partial charge is 0.287 e. The first-order valence-electron chi connectivity index (χ1n) is 8.89. The number of carbonyl (C=O) groups is 1. The van der Waals surface area contributed by atoms with Gasteiger partial charge in [-0.2, -0.15) is 0 Å². The summed E-state index contributed by atoms with van der Waals surface area (Å²) in [6, 6.07) is 11.4. The fraction of sp³-hybridized carbons (Fsp3) is 0.450. The van der Waals surface area contributed by atoms with Crippen molar-refractivity contribution in [3.05, 3.63) is 53.5 Å². The molecule has 0 bridgehead atoms. The van der Waals surface area contributed by atoms with Crippen LogP contribution < -0.4 is 10.1 Å². The van der Waals surface area contributed by atoms with Crippen LogP contribution in [-0.4, -0.2) is 25.2 Å². The molecule has 1 N–H and O–H groups in total. The zero-order chi connectivity index (χ0) is 17.5. The molecule has 1 aliphatic heterocycles. The Kier molecular flexibility index (Phi) is 6.12. The summed E-state index contributed by atoms with van der Waals surface area (Å²) in [5.41, 5.74) is 0.818. The minimum atomic E-state index is -0.181. The summed E-state index contributed by atoms with van der Waals surface area (Å²) in [5, 5.41) is 2.92. The van der Waals surface area contributed by atoms with E-state index in [1.165, 1.54) is 6.42 Å². The van der Waals surface area contributed by atoms with Gasteiger partial charge in [0.15, 0.2) is 5.76 Å². The number of ether oxygens (including phenoxy) is 2. The van der Waals surface area contributed by atoms with Crippen molar-refractivity contribution in [1.29, 1.82) is 0 Å². The lowest BCUT2D eigenvalue weighted by molar-refractivity contribution is 0.0116. The van der Waals surface area contributed by atoms with Crippen LogP contribution in [-0.2, 0) is 11.3 Å². The average Bonchev–Trinajstić information content (AvgIpc) is 3.02. The third kappa shape index (κ3) is 5.10. The maximum absolute atomic E-state index is 12.3.